The minimum Gasteiger partial charge on any atom is -0.465 e. The van der Waals surface area contributed by atoms with Crippen molar-refractivity contribution in [2.75, 3.05) is 7.11 Å². The van der Waals surface area contributed by atoms with E-state index in [1.54, 1.807) is 35.1 Å². The summed E-state index contributed by atoms with van der Waals surface area (Å²) in [5.41, 5.74) is 3.53. The Kier molecular flexibility index (Phi) is 4.64. The minimum absolute atomic E-state index is 0.130. The van der Waals surface area contributed by atoms with Crippen LogP contribution in [0.1, 0.15) is 33.5 Å². The maximum absolute atomic E-state index is 12.4. The van der Waals surface area contributed by atoms with Crippen molar-refractivity contribution in [3.63, 3.8) is 0 Å². The van der Waals surface area contributed by atoms with Gasteiger partial charge in [0.25, 0.3) is 0 Å². The highest BCUT2D eigenvalue weighted by atomic mass is 16.5. The maximum Gasteiger partial charge on any atom is 0.338 e. The van der Waals surface area contributed by atoms with E-state index in [1.807, 2.05) is 31.2 Å². The topological polar surface area (TPSA) is 87.0 Å². The van der Waals surface area contributed by atoms with Crippen LogP contribution in [0.5, 0.6) is 0 Å². The lowest BCUT2D eigenvalue weighted by Crippen LogP contribution is -2.04. The summed E-state index contributed by atoms with van der Waals surface area (Å²) in [7, 11) is 1.34. The normalized spacial score (nSPS) is 10.9. The number of hydrogen-bond donors (Lipinski definition) is 0. The summed E-state index contributed by atoms with van der Waals surface area (Å²) in [4.78, 5) is 33.1. The molecule has 4 rings (SSSR count). The molecule has 0 aliphatic carbocycles. The fourth-order valence-corrected chi connectivity index (χ4v) is 3.17. The third-order valence-corrected chi connectivity index (χ3v) is 4.59. The summed E-state index contributed by atoms with van der Waals surface area (Å²) >= 11 is 0. The number of methoxy groups -OCH3 is 1. The van der Waals surface area contributed by atoms with Crippen LogP contribution in [0.2, 0.25) is 0 Å². The largest absolute Gasteiger partial charge is 0.465 e. The number of ketones is 1. The van der Waals surface area contributed by atoms with E-state index in [0.29, 0.717) is 39.2 Å². The van der Waals surface area contributed by atoms with E-state index in [1.165, 1.54) is 14.0 Å². The Bertz CT molecular complexity index is 1260. The standard InChI is InChI=1S/C22H18N4O3/c1-13-6-4-9-21(24-13)26-20-11-15(19-8-5-7-18(25-19)14(2)27)10-16(22(28)29-3)17(20)12-23-26/h4-12H,1-3H3. The molecule has 0 N–H and O–H groups in total. The molecular weight excluding hydrogens is 368 g/mol. The molecule has 0 saturated heterocycles. The lowest BCUT2D eigenvalue weighted by Gasteiger charge is -2.09. The van der Waals surface area contributed by atoms with Crippen molar-refractivity contribution < 1.29 is 14.3 Å². The first kappa shape index (κ1) is 18.5. The van der Waals surface area contributed by atoms with Crippen molar-refractivity contribution in [3.8, 4) is 17.1 Å². The molecule has 4 aromatic rings. The number of hydrogen-bond acceptors (Lipinski definition) is 6. The summed E-state index contributed by atoms with van der Waals surface area (Å²) in [5, 5.41) is 5.08. The van der Waals surface area contributed by atoms with Gasteiger partial charge >= 0.3 is 5.97 Å². The van der Waals surface area contributed by atoms with E-state index in [0.717, 1.165) is 5.69 Å². The smallest absolute Gasteiger partial charge is 0.338 e. The second kappa shape index (κ2) is 7.27. The van der Waals surface area contributed by atoms with Gasteiger partial charge in [0.2, 0.25) is 0 Å². The summed E-state index contributed by atoms with van der Waals surface area (Å²) in [6, 6.07) is 14.4. The Morgan fingerprint density at radius 3 is 2.55 bits per heavy atom. The van der Waals surface area contributed by atoms with Crippen molar-refractivity contribution in [2.45, 2.75) is 13.8 Å². The van der Waals surface area contributed by atoms with E-state index >= 15 is 0 Å². The summed E-state index contributed by atoms with van der Waals surface area (Å²) in [5.74, 6) is 0.0323. The predicted octanol–water partition coefficient (Wildman–Crippen LogP) is 3.78. The highest BCUT2D eigenvalue weighted by molar-refractivity contribution is 6.05. The quantitative estimate of drug-likeness (QED) is 0.392. The third kappa shape index (κ3) is 3.38. The Morgan fingerprint density at radius 1 is 1.03 bits per heavy atom. The molecule has 0 radical (unpaired) electrons. The molecule has 0 aliphatic heterocycles. The molecule has 0 saturated carbocycles. The van der Waals surface area contributed by atoms with Crippen LogP contribution in [0, 0.1) is 6.92 Å². The SMILES string of the molecule is COC(=O)c1cc(-c2cccc(C(C)=O)n2)cc2c1cnn2-c1cccc(C)n1. The van der Waals surface area contributed by atoms with Crippen LogP contribution in [-0.4, -0.2) is 38.6 Å². The zero-order valence-electron chi connectivity index (χ0n) is 16.2. The van der Waals surface area contributed by atoms with Crippen molar-refractivity contribution >= 4 is 22.7 Å². The van der Waals surface area contributed by atoms with Gasteiger partial charge in [-0.25, -0.2) is 19.4 Å². The molecule has 0 bridgehead atoms. The van der Waals surface area contributed by atoms with Gasteiger partial charge in [0, 0.05) is 23.6 Å². The summed E-state index contributed by atoms with van der Waals surface area (Å²) in [6.45, 7) is 3.37. The molecule has 0 spiro atoms. The molecule has 1 aromatic carbocycles. The zero-order chi connectivity index (χ0) is 20.5. The fourth-order valence-electron chi connectivity index (χ4n) is 3.17. The first-order chi connectivity index (χ1) is 14.0. The van der Waals surface area contributed by atoms with Gasteiger partial charge in [0.05, 0.1) is 30.1 Å². The van der Waals surface area contributed by atoms with Gasteiger partial charge in [-0.2, -0.15) is 5.10 Å². The van der Waals surface area contributed by atoms with Crippen molar-refractivity contribution in [3.05, 3.63) is 71.7 Å². The average Bonchev–Trinajstić information content (AvgIpc) is 3.16. The number of carbonyl (C=O) groups excluding carboxylic acids is 2. The Hall–Kier alpha value is -3.87. The van der Waals surface area contributed by atoms with Gasteiger partial charge in [-0.1, -0.05) is 12.1 Å². The van der Waals surface area contributed by atoms with Crippen LogP contribution in [0.3, 0.4) is 0 Å². The van der Waals surface area contributed by atoms with Crippen LogP contribution in [0.4, 0.5) is 0 Å². The number of nitrogens with zero attached hydrogens (tertiary/aromatic N) is 4. The van der Waals surface area contributed by atoms with E-state index < -0.39 is 5.97 Å². The number of fused-ring (bicyclic) bond motifs is 1. The van der Waals surface area contributed by atoms with Crippen molar-refractivity contribution in [1.82, 2.24) is 19.7 Å². The van der Waals surface area contributed by atoms with Crippen molar-refractivity contribution in [2.24, 2.45) is 0 Å². The first-order valence-corrected chi connectivity index (χ1v) is 9.00. The van der Waals surface area contributed by atoms with Crippen LogP contribution in [-0.2, 0) is 4.74 Å². The average molecular weight is 386 g/mol. The summed E-state index contributed by atoms with van der Waals surface area (Å²) < 4.78 is 6.64. The number of pyridine rings is 2. The highest BCUT2D eigenvalue weighted by Crippen LogP contribution is 2.29. The minimum atomic E-state index is -0.476. The third-order valence-electron chi connectivity index (χ3n) is 4.59. The molecule has 0 atom stereocenters. The van der Waals surface area contributed by atoms with Crippen LogP contribution in [0.15, 0.2) is 54.7 Å². The van der Waals surface area contributed by atoms with Crippen LogP contribution < -0.4 is 0 Å². The molecule has 3 aromatic heterocycles. The summed E-state index contributed by atoms with van der Waals surface area (Å²) in [6.07, 6.45) is 1.62. The first-order valence-electron chi connectivity index (χ1n) is 9.00. The van der Waals surface area contributed by atoms with Gasteiger partial charge in [-0.05, 0) is 43.3 Å². The fraction of sp³-hybridized carbons (Fsp3) is 0.136. The molecule has 0 amide bonds. The van der Waals surface area contributed by atoms with Crippen molar-refractivity contribution in [1.29, 1.82) is 0 Å². The van der Waals surface area contributed by atoms with E-state index in [9.17, 15) is 9.59 Å². The molecule has 144 valence electrons. The van der Waals surface area contributed by atoms with Gasteiger partial charge in [0.15, 0.2) is 11.6 Å². The van der Waals surface area contributed by atoms with Crippen LogP contribution >= 0.6 is 0 Å². The molecule has 0 fully saturated rings. The number of carbonyl (C=O) groups is 2. The Morgan fingerprint density at radius 2 is 1.83 bits per heavy atom. The van der Waals surface area contributed by atoms with E-state index in [2.05, 4.69) is 15.1 Å². The number of esters is 1. The van der Waals surface area contributed by atoms with Gasteiger partial charge in [0.1, 0.15) is 5.69 Å². The second-order valence-electron chi connectivity index (χ2n) is 6.61. The Balaban J connectivity index is 1.99. The number of aromatic nitrogens is 4. The molecule has 0 unspecified atom stereocenters. The molecule has 29 heavy (non-hydrogen) atoms. The molecule has 7 heteroatoms. The van der Waals surface area contributed by atoms with Crippen LogP contribution in [0.25, 0.3) is 28.0 Å². The lowest BCUT2D eigenvalue weighted by molar-refractivity contribution is 0.0603. The van der Waals surface area contributed by atoms with Gasteiger partial charge < -0.3 is 4.74 Å². The second-order valence-corrected chi connectivity index (χ2v) is 6.61. The maximum atomic E-state index is 12.4. The van der Waals surface area contributed by atoms with Gasteiger partial charge in [-0.15, -0.1) is 0 Å². The zero-order valence-corrected chi connectivity index (χ0v) is 16.2. The number of rotatable bonds is 4. The number of aryl methyl sites for hydroxylation is 1. The monoisotopic (exact) mass is 386 g/mol. The highest BCUT2D eigenvalue weighted by Gasteiger charge is 2.18. The molecule has 7 nitrogen and oxygen atoms in total. The lowest BCUT2D eigenvalue weighted by atomic mass is 10.0. The number of ether oxygens (including phenoxy) is 1. The predicted molar refractivity (Wildman–Crippen MR) is 108 cm³/mol. The molecule has 3 heterocycles. The molecule has 0 aliphatic rings. The number of benzene rings is 1. The van der Waals surface area contributed by atoms with Gasteiger partial charge in [-0.3, -0.25) is 4.79 Å². The number of Topliss-reactive ketones (excluding diaryl/α,β-unsaturated/α-hetero) is 1. The Labute approximate surface area is 167 Å². The van der Waals surface area contributed by atoms with E-state index in [4.69, 9.17) is 4.74 Å². The van der Waals surface area contributed by atoms with E-state index in [-0.39, 0.29) is 5.78 Å². The molecular formula is C22H18N4O3.